The molecule has 3 N–H and O–H groups in total. The minimum atomic E-state index is -1.43. The van der Waals surface area contributed by atoms with Crippen LogP contribution in [0.3, 0.4) is 0 Å². The van der Waals surface area contributed by atoms with E-state index in [-0.39, 0.29) is 5.56 Å². The van der Waals surface area contributed by atoms with Gasteiger partial charge in [0.15, 0.2) is 5.92 Å². The third-order valence-electron chi connectivity index (χ3n) is 4.43. The highest BCUT2D eigenvalue weighted by molar-refractivity contribution is 6.07. The van der Waals surface area contributed by atoms with Crippen molar-refractivity contribution in [3.63, 3.8) is 0 Å². The summed E-state index contributed by atoms with van der Waals surface area (Å²) in [6, 6.07) is 7.21. The van der Waals surface area contributed by atoms with Gasteiger partial charge in [-0.1, -0.05) is 25.1 Å². The molecule has 28 heavy (non-hydrogen) atoms. The number of methoxy groups -OCH3 is 2. The number of ether oxygens (including phenoxy) is 2. The second-order valence-electron chi connectivity index (χ2n) is 6.12. The summed E-state index contributed by atoms with van der Waals surface area (Å²) in [7, 11) is 2.20. The highest BCUT2D eigenvalue weighted by atomic mass is 16.5. The molecule has 0 aliphatic rings. The Morgan fingerprint density at radius 1 is 1.04 bits per heavy atom. The summed E-state index contributed by atoms with van der Waals surface area (Å²) < 4.78 is 9.24. The first-order valence-corrected chi connectivity index (χ1v) is 8.41. The fourth-order valence-corrected chi connectivity index (χ4v) is 2.94. The summed E-state index contributed by atoms with van der Waals surface area (Å²) >= 11 is 0. The molecule has 1 aromatic heterocycles. The third-order valence-corrected chi connectivity index (χ3v) is 4.43. The summed E-state index contributed by atoms with van der Waals surface area (Å²) in [6.45, 7) is 1.43. The highest BCUT2D eigenvalue weighted by Crippen LogP contribution is 2.21. The average molecular weight is 387 g/mol. The predicted molar refractivity (Wildman–Crippen MR) is 98.9 cm³/mol. The minimum Gasteiger partial charge on any atom is -0.468 e. The highest BCUT2D eigenvalue weighted by Gasteiger charge is 2.41. The van der Waals surface area contributed by atoms with Crippen LogP contribution in [-0.2, 0) is 23.9 Å². The number of rotatable bonds is 7. The van der Waals surface area contributed by atoms with E-state index in [1.807, 2.05) is 0 Å². The monoisotopic (exact) mass is 387 g/mol. The fraction of sp³-hybridized carbons (Fsp3) is 0.316. The Bertz CT molecular complexity index is 892. The molecule has 148 valence electrons. The standard InChI is InChI=1S/C19H21N3O6/c1-10(13(18(25)27-2)19(26)28-3)14(16(20)23)22-17(24)12-8-4-6-11-7-5-9-21-15(11)12/h4-10,13-14H,1-3H3,(H2,20,23)(H,22,24)/t10-,14+/m1/s1. The lowest BCUT2D eigenvalue weighted by Crippen LogP contribution is -2.52. The van der Waals surface area contributed by atoms with Crippen LogP contribution < -0.4 is 11.1 Å². The van der Waals surface area contributed by atoms with Crippen LogP contribution in [0.5, 0.6) is 0 Å². The van der Waals surface area contributed by atoms with Crippen molar-refractivity contribution in [3.05, 3.63) is 42.1 Å². The zero-order chi connectivity index (χ0) is 20.8. The van der Waals surface area contributed by atoms with E-state index >= 15 is 0 Å². The molecule has 0 fully saturated rings. The van der Waals surface area contributed by atoms with Crippen molar-refractivity contribution in [2.75, 3.05) is 14.2 Å². The number of carbonyl (C=O) groups excluding carboxylic acids is 4. The van der Waals surface area contributed by atoms with Crippen LogP contribution in [0.2, 0.25) is 0 Å². The van der Waals surface area contributed by atoms with E-state index in [4.69, 9.17) is 5.73 Å². The first-order chi connectivity index (χ1) is 13.3. The van der Waals surface area contributed by atoms with Crippen molar-refractivity contribution in [3.8, 4) is 0 Å². The number of esters is 2. The second-order valence-corrected chi connectivity index (χ2v) is 6.12. The Kier molecular flexibility index (Phi) is 6.64. The van der Waals surface area contributed by atoms with Crippen LogP contribution in [0.25, 0.3) is 10.9 Å². The van der Waals surface area contributed by atoms with Crippen molar-refractivity contribution < 1.29 is 28.7 Å². The predicted octanol–water partition coefficient (Wildman–Crippen LogP) is 0.417. The molecule has 2 aromatic rings. The number of nitrogens with zero attached hydrogens (tertiary/aromatic N) is 1. The molecule has 2 atom stereocenters. The fourth-order valence-electron chi connectivity index (χ4n) is 2.94. The van der Waals surface area contributed by atoms with Gasteiger partial charge in [-0.05, 0) is 12.1 Å². The molecule has 2 rings (SSSR count). The Labute approximate surface area is 161 Å². The smallest absolute Gasteiger partial charge is 0.320 e. The molecule has 0 radical (unpaired) electrons. The molecule has 1 heterocycles. The molecule has 9 nitrogen and oxygen atoms in total. The molecule has 0 aliphatic carbocycles. The normalized spacial score (nSPS) is 12.9. The van der Waals surface area contributed by atoms with E-state index in [1.54, 1.807) is 30.3 Å². The number of para-hydroxylation sites is 1. The Morgan fingerprint density at radius 2 is 1.64 bits per heavy atom. The van der Waals surface area contributed by atoms with E-state index in [9.17, 15) is 19.2 Å². The molecule has 2 amide bonds. The largest absolute Gasteiger partial charge is 0.468 e. The first-order valence-electron chi connectivity index (χ1n) is 8.41. The molecular formula is C19H21N3O6. The third kappa shape index (κ3) is 4.25. The van der Waals surface area contributed by atoms with Gasteiger partial charge < -0.3 is 20.5 Å². The number of hydrogen-bond acceptors (Lipinski definition) is 7. The van der Waals surface area contributed by atoms with Gasteiger partial charge in [-0.3, -0.25) is 24.2 Å². The van der Waals surface area contributed by atoms with Crippen molar-refractivity contribution in [1.29, 1.82) is 0 Å². The van der Waals surface area contributed by atoms with Crippen molar-refractivity contribution in [2.45, 2.75) is 13.0 Å². The summed E-state index contributed by atoms with van der Waals surface area (Å²) in [5.74, 6) is -5.76. The number of benzene rings is 1. The van der Waals surface area contributed by atoms with Crippen LogP contribution in [0.4, 0.5) is 0 Å². The molecule has 0 saturated heterocycles. The molecule has 9 heteroatoms. The molecule has 1 aromatic carbocycles. The van der Waals surface area contributed by atoms with Crippen molar-refractivity contribution in [1.82, 2.24) is 10.3 Å². The van der Waals surface area contributed by atoms with E-state index < -0.39 is 41.6 Å². The first kappa shape index (κ1) is 20.8. The van der Waals surface area contributed by atoms with Crippen LogP contribution in [-0.4, -0.2) is 49.0 Å². The number of nitrogens with two attached hydrogens (primary N) is 1. The van der Waals surface area contributed by atoms with Gasteiger partial charge in [0.2, 0.25) is 5.91 Å². The van der Waals surface area contributed by atoms with E-state index in [0.29, 0.717) is 5.52 Å². The molecule has 0 saturated carbocycles. The van der Waals surface area contributed by atoms with Gasteiger partial charge in [-0.15, -0.1) is 0 Å². The molecule has 0 unspecified atom stereocenters. The van der Waals surface area contributed by atoms with Crippen LogP contribution >= 0.6 is 0 Å². The average Bonchev–Trinajstić information content (AvgIpc) is 2.70. The summed E-state index contributed by atoms with van der Waals surface area (Å²) in [4.78, 5) is 53.0. The maximum Gasteiger partial charge on any atom is 0.320 e. The number of carbonyl (C=O) groups is 4. The van der Waals surface area contributed by atoms with Crippen molar-refractivity contribution in [2.24, 2.45) is 17.6 Å². The van der Waals surface area contributed by atoms with Gasteiger partial charge in [-0.2, -0.15) is 0 Å². The SMILES string of the molecule is COC(=O)C(C(=O)OC)[C@@H](C)[C@H](NC(=O)c1cccc2cccnc12)C(N)=O. The van der Waals surface area contributed by atoms with Crippen molar-refractivity contribution >= 4 is 34.7 Å². The van der Waals surface area contributed by atoms with Gasteiger partial charge in [0.05, 0.1) is 25.3 Å². The van der Waals surface area contributed by atoms with Gasteiger partial charge in [0.1, 0.15) is 6.04 Å². The number of primary amides is 1. The van der Waals surface area contributed by atoms with Crippen LogP contribution in [0.15, 0.2) is 36.5 Å². The number of fused-ring (bicyclic) bond motifs is 1. The second kappa shape index (κ2) is 8.94. The maximum atomic E-state index is 12.8. The topological polar surface area (TPSA) is 138 Å². The van der Waals surface area contributed by atoms with E-state index in [1.165, 1.54) is 13.1 Å². The Hall–Kier alpha value is -3.49. The molecule has 0 bridgehead atoms. The van der Waals surface area contributed by atoms with Crippen LogP contribution in [0, 0.1) is 11.8 Å². The lowest BCUT2D eigenvalue weighted by Gasteiger charge is -2.26. The maximum absolute atomic E-state index is 12.8. The molecule has 0 aliphatic heterocycles. The number of pyridine rings is 1. The Morgan fingerprint density at radius 3 is 2.21 bits per heavy atom. The lowest BCUT2D eigenvalue weighted by molar-refractivity contribution is -0.161. The van der Waals surface area contributed by atoms with Gasteiger partial charge in [0.25, 0.3) is 5.91 Å². The summed E-state index contributed by atoms with van der Waals surface area (Å²) in [5.41, 5.74) is 6.09. The zero-order valence-corrected chi connectivity index (χ0v) is 15.7. The van der Waals surface area contributed by atoms with Gasteiger partial charge in [0, 0.05) is 17.5 Å². The van der Waals surface area contributed by atoms with Crippen LogP contribution in [0.1, 0.15) is 17.3 Å². The lowest BCUT2D eigenvalue weighted by atomic mass is 9.86. The number of aromatic nitrogens is 1. The van der Waals surface area contributed by atoms with Gasteiger partial charge in [-0.25, -0.2) is 0 Å². The van der Waals surface area contributed by atoms with Gasteiger partial charge >= 0.3 is 11.9 Å². The van der Waals surface area contributed by atoms with E-state index in [2.05, 4.69) is 19.8 Å². The minimum absolute atomic E-state index is 0.226. The Balaban J connectivity index is 2.35. The zero-order valence-electron chi connectivity index (χ0n) is 15.7. The summed E-state index contributed by atoms with van der Waals surface area (Å²) in [5, 5.41) is 3.23. The molecule has 0 spiro atoms. The summed E-state index contributed by atoms with van der Waals surface area (Å²) in [6.07, 6.45) is 1.54. The quantitative estimate of drug-likeness (QED) is 0.518. The molecular weight excluding hydrogens is 366 g/mol. The number of nitrogens with one attached hydrogen (secondary N) is 1. The number of hydrogen-bond donors (Lipinski definition) is 2. The van der Waals surface area contributed by atoms with E-state index in [0.717, 1.165) is 19.6 Å². The number of amides is 2.